The van der Waals surface area contributed by atoms with Crippen molar-refractivity contribution in [3.05, 3.63) is 47.2 Å². The third-order valence-corrected chi connectivity index (χ3v) is 3.42. The van der Waals surface area contributed by atoms with Crippen LogP contribution in [0.15, 0.2) is 36.5 Å². The van der Waals surface area contributed by atoms with E-state index < -0.39 is 0 Å². The summed E-state index contributed by atoms with van der Waals surface area (Å²) in [4.78, 5) is 16.1. The Bertz CT molecular complexity index is 679. The molecule has 2 N–H and O–H groups in total. The molecule has 1 aromatic heterocycles. The van der Waals surface area contributed by atoms with Crippen LogP contribution in [0.25, 0.3) is 0 Å². The lowest BCUT2D eigenvalue weighted by Crippen LogP contribution is -2.30. The second kappa shape index (κ2) is 6.53. The number of ether oxygens (including phenoxy) is 2. The van der Waals surface area contributed by atoms with Crippen LogP contribution < -0.4 is 20.1 Å². The molecule has 0 fully saturated rings. The zero-order valence-electron chi connectivity index (χ0n) is 11.6. The Kier molecular flexibility index (Phi) is 4.29. The lowest BCUT2D eigenvalue weighted by Gasteiger charge is -2.09. The third kappa shape index (κ3) is 3.40. The average molecular weight is 320 g/mol. The van der Waals surface area contributed by atoms with Crippen molar-refractivity contribution in [3.63, 3.8) is 0 Å². The Labute approximate surface area is 132 Å². The standard InChI is InChI=1S/C15H14ClN3O3/c16-11-7-13-14(22-9-21-13)8-12(11)19-15(20)18-6-4-10-3-1-2-5-17-10/h1-3,5,7-8H,4,6,9H2,(H2,18,19,20). The van der Waals surface area contributed by atoms with Crippen LogP contribution in [0.3, 0.4) is 0 Å². The van der Waals surface area contributed by atoms with Gasteiger partial charge in [-0.2, -0.15) is 0 Å². The molecule has 0 radical (unpaired) electrons. The smallest absolute Gasteiger partial charge is 0.319 e. The maximum absolute atomic E-state index is 11.9. The van der Waals surface area contributed by atoms with Gasteiger partial charge in [0.2, 0.25) is 6.79 Å². The van der Waals surface area contributed by atoms with Crippen LogP contribution in [0.5, 0.6) is 11.5 Å². The number of hydrogen-bond donors (Lipinski definition) is 2. The number of nitrogens with one attached hydrogen (secondary N) is 2. The van der Waals surface area contributed by atoms with E-state index in [1.54, 1.807) is 18.3 Å². The third-order valence-electron chi connectivity index (χ3n) is 3.10. The largest absolute Gasteiger partial charge is 0.454 e. The van der Waals surface area contributed by atoms with Crippen LogP contribution in [-0.4, -0.2) is 24.4 Å². The van der Waals surface area contributed by atoms with Gasteiger partial charge in [0.15, 0.2) is 11.5 Å². The molecule has 0 aliphatic carbocycles. The number of nitrogens with zero attached hydrogens (tertiary/aromatic N) is 1. The van der Waals surface area contributed by atoms with Gasteiger partial charge in [-0.1, -0.05) is 17.7 Å². The Balaban J connectivity index is 1.54. The number of halogens is 1. The number of fused-ring (bicyclic) bond motifs is 1. The van der Waals surface area contributed by atoms with Crippen LogP contribution >= 0.6 is 11.6 Å². The van der Waals surface area contributed by atoms with Crippen LogP contribution in [0.2, 0.25) is 5.02 Å². The van der Waals surface area contributed by atoms with E-state index >= 15 is 0 Å². The van der Waals surface area contributed by atoms with Gasteiger partial charge in [0, 0.05) is 37.0 Å². The summed E-state index contributed by atoms with van der Waals surface area (Å²) in [5.41, 5.74) is 1.39. The van der Waals surface area contributed by atoms with Gasteiger partial charge in [0.1, 0.15) is 0 Å². The molecular weight excluding hydrogens is 306 g/mol. The van der Waals surface area contributed by atoms with Gasteiger partial charge in [-0.05, 0) is 12.1 Å². The summed E-state index contributed by atoms with van der Waals surface area (Å²) in [6, 6.07) is 8.60. The van der Waals surface area contributed by atoms with Gasteiger partial charge in [-0.25, -0.2) is 4.79 Å². The molecular formula is C15H14ClN3O3. The summed E-state index contributed by atoms with van der Waals surface area (Å²) < 4.78 is 10.5. The predicted octanol–water partition coefficient (Wildman–Crippen LogP) is 2.83. The first-order chi connectivity index (χ1) is 10.7. The van der Waals surface area contributed by atoms with Crippen molar-refractivity contribution in [1.82, 2.24) is 10.3 Å². The van der Waals surface area contributed by atoms with Crippen molar-refractivity contribution in [3.8, 4) is 11.5 Å². The number of urea groups is 1. The van der Waals surface area contributed by atoms with Crippen molar-refractivity contribution >= 4 is 23.3 Å². The zero-order chi connectivity index (χ0) is 15.4. The minimum absolute atomic E-state index is 0.158. The van der Waals surface area contributed by atoms with E-state index in [2.05, 4.69) is 15.6 Å². The average Bonchev–Trinajstić information content (AvgIpc) is 2.96. The summed E-state index contributed by atoms with van der Waals surface area (Å²) in [6.07, 6.45) is 2.38. The molecule has 0 unspecified atom stereocenters. The van der Waals surface area contributed by atoms with Gasteiger partial charge in [0.25, 0.3) is 0 Å². The first kappa shape index (κ1) is 14.5. The van der Waals surface area contributed by atoms with Crippen molar-refractivity contribution in [1.29, 1.82) is 0 Å². The van der Waals surface area contributed by atoms with E-state index in [1.807, 2.05) is 18.2 Å². The zero-order valence-corrected chi connectivity index (χ0v) is 12.4. The highest BCUT2D eigenvalue weighted by atomic mass is 35.5. The minimum Gasteiger partial charge on any atom is -0.454 e. The fraction of sp³-hybridized carbons (Fsp3) is 0.200. The fourth-order valence-corrected chi connectivity index (χ4v) is 2.23. The van der Waals surface area contributed by atoms with E-state index in [4.69, 9.17) is 21.1 Å². The lowest BCUT2D eigenvalue weighted by atomic mass is 10.2. The normalized spacial score (nSPS) is 12.0. The number of rotatable bonds is 4. The molecule has 3 rings (SSSR count). The lowest BCUT2D eigenvalue weighted by molar-refractivity contribution is 0.174. The van der Waals surface area contributed by atoms with Crippen LogP contribution in [-0.2, 0) is 6.42 Å². The molecule has 0 spiro atoms. The first-order valence-electron chi connectivity index (χ1n) is 6.76. The number of amides is 2. The number of aromatic nitrogens is 1. The second-order valence-corrected chi connectivity index (χ2v) is 5.04. The SMILES string of the molecule is O=C(NCCc1ccccn1)Nc1cc2c(cc1Cl)OCO2. The number of carbonyl (C=O) groups is 1. The molecule has 0 bridgehead atoms. The maximum atomic E-state index is 11.9. The van der Waals surface area contributed by atoms with Crippen molar-refractivity contribution in [2.24, 2.45) is 0 Å². The molecule has 1 aliphatic heterocycles. The van der Waals surface area contributed by atoms with E-state index in [0.29, 0.717) is 35.2 Å². The monoisotopic (exact) mass is 319 g/mol. The Morgan fingerprint density at radius 3 is 2.86 bits per heavy atom. The van der Waals surface area contributed by atoms with Crippen LogP contribution in [0.4, 0.5) is 10.5 Å². The Hall–Kier alpha value is -2.47. The quantitative estimate of drug-likeness (QED) is 0.909. The summed E-state index contributed by atoms with van der Waals surface area (Å²) in [6.45, 7) is 0.635. The van der Waals surface area contributed by atoms with Gasteiger partial charge in [-0.15, -0.1) is 0 Å². The van der Waals surface area contributed by atoms with E-state index in [0.717, 1.165) is 5.69 Å². The highest BCUT2D eigenvalue weighted by Gasteiger charge is 2.17. The Morgan fingerprint density at radius 2 is 2.09 bits per heavy atom. The molecule has 2 aromatic rings. The number of anilines is 1. The molecule has 1 aliphatic rings. The topological polar surface area (TPSA) is 72.5 Å². The molecule has 7 heteroatoms. The molecule has 0 saturated heterocycles. The van der Waals surface area contributed by atoms with Crippen LogP contribution in [0.1, 0.15) is 5.69 Å². The maximum Gasteiger partial charge on any atom is 0.319 e. The Morgan fingerprint density at radius 1 is 1.27 bits per heavy atom. The van der Waals surface area contributed by atoms with Crippen molar-refractivity contribution in [2.75, 3.05) is 18.7 Å². The predicted molar refractivity (Wildman–Crippen MR) is 82.5 cm³/mol. The molecule has 6 nitrogen and oxygen atoms in total. The van der Waals surface area contributed by atoms with Gasteiger partial charge < -0.3 is 20.1 Å². The molecule has 2 heterocycles. The molecule has 22 heavy (non-hydrogen) atoms. The van der Waals surface area contributed by atoms with Crippen molar-refractivity contribution < 1.29 is 14.3 Å². The van der Waals surface area contributed by atoms with Crippen LogP contribution in [0, 0.1) is 0 Å². The number of pyridine rings is 1. The van der Waals surface area contributed by atoms with E-state index in [9.17, 15) is 4.79 Å². The summed E-state index contributed by atoms with van der Waals surface area (Å²) in [7, 11) is 0. The fourth-order valence-electron chi connectivity index (χ4n) is 2.03. The molecule has 2 amide bonds. The summed E-state index contributed by atoms with van der Waals surface area (Å²) in [5, 5.41) is 5.83. The van der Waals surface area contributed by atoms with Gasteiger partial charge in [0.05, 0.1) is 10.7 Å². The summed E-state index contributed by atoms with van der Waals surface area (Å²) in [5.74, 6) is 1.14. The van der Waals surface area contributed by atoms with Crippen molar-refractivity contribution in [2.45, 2.75) is 6.42 Å². The number of benzene rings is 1. The summed E-state index contributed by atoms with van der Waals surface area (Å²) >= 11 is 6.09. The molecule has 114 valence electrons. The van der Waals surface area contributed by atoms with E-state index in [1.165, 1.54) is 0 Å². The molecule has 1 aromatic carbocycles. The number of hydrogen-bond acceptors (Lipinski definition) is 4. The molecule has 0 atom stereocenters. The minimum atomic E-state index is -0.336. The van der Waals surface area contributed by atoms with Gasteiger partial charge >= 0.3 is 6.03 Å². The number of carbonyl (C=O) groups excluding carboxylic acids is 1. The highest BCUT2D eigenvalue weighted by molar-refractivity contribution is 6.34. The van der Waals surface area contributed by atoms with Gasteiger partial charge in [-0.3, -0.25) is 4.98 Å². The van der Waals surface area contributed by atoms with E-state index in [-0.39, 0.29) is 12.8 Å². The first-order valence-corrected chi connectivity index (χ1v) is 7.14. The second-order valence-electron chi connectivity index (χ2n) is 4.64. The molecule has 0 saturated carbocycles. The highest BCUT2D eigenvalue weighted by Crippen LogP contribution is 2.39.